The van der Waals surface area contributed by atoms with E-state index < -0.39 is 0 Å². The second-order valence-corrected chi connectivity index (χ2v) is 5.58. The minimum absolute atomic E-state index is 0.0327. The molecule has 0 bridgehead atoms. The average Bonchev–Trinajstić information content (AvgIpc) is 2.47. The van der Waals surface area contributed by atoms with Gasteiger partial charge >= 0.3 is 0 Å². The van der Waals surface area contributed by atoms with Crippen molar-refractivity contribution in [1.82, 2.24) is 4.90 Å². The molecular weight excluding hydrogens is 262 g/mol. The van der Waals surface area contributed by atoms with E-state index in [0.717, 1.165) is 19.5 Å². The van der Waals surface area contributed by atoms with E-state index in [1.54, 1.807) is 18.2 Å². The van der Waals surface area contributed by atoms with Crippen LogP contribution in [-0.2, 0) is 4.79 Å². The maximum Gasteiger partial charge on any atom is 0.224 e. The molecule has 0 radical (unpaired) electrons. The van der Waals surface area contributed by atoms with E-state index in [4.69, 9.17) is 5.26 Å². The summed E-state index contributed by atoms with van der Waals surface area (Å²) in [6, 6.07) is 9.15. The first-order chi connectivity index (χ1) is 10.1. The molecule has 4 nitrogen and oxygen atoms in total. The summed E-state index contributed by atoms with van der Waals surface area (Å²) in [6.45, 7) is 6.41. The monoisotopic (exact) mass is 287 g/mol. The zero-order valence-electron chi connectivity index (χ0n) is 13.2. The number of nitrogens with one attached hydrogen (secondary N) is 1. The largest absolute Gasteiger partial charge is 0.325 e. The van der Waals surface area contributed by atoms with E-state index in [-0.39, 0.29) is 5.91 Å². The van der Waals surface area contributed by atoms with Crippen LogP contribution in [0, 0.1) is 17.2 Å². The van der Waals surface area contributed by atoms with E-state index in [0.29, 0.717) is 23.6 Å². The second kappa shape index (κ2) is 9.15. The molecule has 0 fully saturated rings. The number of nitriles is 1. The first kappa shape index (κ1) is 17.2. The summed E-state index contributed by atoms with van der Waals surface area (Å²) in [4.78, 5) is 14.2. The van der Waals surface area contributed by atoms with Crippen molar-refractivity contribution in [2.45, 2.75) is 33.1 Å². The lowest BCUT2D eigenvalue weighted by Crippen LogP contribution is -2.26. The first-order valence-electron chi connectivity index (χ1n) is 7.54. The summed E-state index contributed by atoms with van der Waals surface area (Å²) >= 11 is 0. The molecule has 1 N–H and O–H groups in total. The van der Waals surface area contributed by atoms with Crippen LogP contribution in [-0.4, -0.2) is 30.9 Å². The molecule has 0 spiro atoms. The van der Waals surface area contributed by atoms with Gasteiger partial charge in [-0.2, -0.15) is 5.26 Å². The lowest BCUT2D eigenvalue weighted by atomic mass is 10.1. The van der Waals surface area contributed by atoms with Gasteiger partial charge < -0.3 is 10.2 Å². The quantitative estimate of drug-likeness (QED) is 0.798. The zero-order chi connectivity index (χ0) is 15.7. The van der Waals surface area contributed by atoms with Crippen molar-refractivity contribution >= 4 is 11.6 Å². The molecule has 0 saturated heterocycles. The minimum atomic E-state index is -0.0327. The molecule has 0 heterocycles. The van der Waals surface area contributed by atoms with Gasteiger partial charge in [-0.05, 0) is 38.1 Å². The van der Waals surface area contributed by atoms with E-state index in [9.17, 15) is 4.79 Å². The standard InChI is InChI=1S/C17H25N3O/c1-4-14(2)13-20(3)11-7-10-17(21)19-16-9-6-5-8-15(16)12-18/h5-6,8-9,14H,4,7,10-11,13H2,1-3H3,(H,19,21). The van der Waals surface area contributed by atoms with Crippen molar-refractivity contribution < 1.29 is 4.79 Å². The molecule has 0 aliphatic heterocycles. The zero-order valence-corrected chi connectivity index (χ0v) is 13.2. The number of anilines is 1. The third kappa shape index (κ3) is 6.42. The topological polar surface area (TPSA) is 56.1 Å². The van der Waals surface area contributed by atoms with Crippen LogP contribution >= 0.6 is 0 Å². The lowest BCUT2D eigenvalue weighted by Gasteiger charge is -2.20. The maximum atomic E-state index is 11.9. The summed E-state index contributed by atoms with van der Waals surface area (Å²) in [5.41, 5.74) is 1.10. The van der Waals surface area contributed by atoms with Gasteiger partial charge in [0.2, 0.25) is 5.91 Å². The SMILES string of the molecule is CCC(C)CN(C)CCCC(=O)Nc1ccccc1C#N. The highest BCUT2D eigenvalue weighted by molar-refractivity contribution is 5.92. The molecule has 1 rings (SSSR count). The van der Waals surface area contributed by atoms with Crippen LogP contribution in [0.25, 0.3) is 0 Å². The molecule has 1 unspecified atom stereocenters. The van der Waals surface area contributed by atoms with E-state index in [1.807, 2.05) is 6.07 Å². The highest BCUT2D eigenvalue weighted by Crippen LogP contribution is 2.14. The summed E-state index contributed by atoms with van der Waals surface area (Å²) < 4.78 is 0. The number of benzene rings is 1. The van der Waals surface area contributed by atoms with Crippen molar-refractivity contribution in [2.75, 3.05) is 25.5 Å². The molecule has 0 aromatic heterocycles. The van der Waals surface area contributed by atoms with E-state index in [2.05, 4.69) is 37.2 Å². The Morgan fingerprint density at radius 3 is 2.81 bits per heavy atom. The van der Waals surface area contributed by atoms with Crippen LogP contribution in [0.5, 0.6) is 0 Å². The summed E-state index contributed by atoms with van der Waals surface area (Å²) in [7, 11) is 2.09. The highest BCUT2D eigenvalue weighted by Gasteiger charge is 2.08. The van der Waals surface area contributed by atoms with Crippen molar-refractivity contribution in [3.63, 3.8) is 0 Å². The second-order valence-electron chi connectivity index (χ2n) is 5.58. The number of hydrogen-bond donors (Lipinski definition) is 1. The molecule has 21 heavy (non-hydrogen) atoms. The summed E-state index contributed by atoms with van der Waals surface area (Å²) in [5, 5.41) is 11.8. The molecule has 0 saturated carbocycles. The molecule has 1 atom stereocenters. The van der Waals surface area contributed by atoms with Crippen molar-refractivity contribution in [3.05, 3.63) is 29.8 Å². The Labute approximate surface area is 127 Å². The molecule has 4 heteroatoms. The molecule has 114 valence electrons. The Kier molecular flexibility index (Phi) is 7.49. The Balaban J connectivity index is 2.33. The van der Waals surface area contributed by atoms with Crippen molar-refractivity contribution in [2.24, 2.45) is 5.92 Å². The number of para-hydroxylation sites is 1. The van der Waals surface area contributed by atoms with Crippen molar-refractivity contribution in [1.29, 1.82) is 5.26 Å². The smallest absolute Gasteiger partial charge is 0.224 e. The van der Waals surface area contributed by atoms with Gasteiger partial charge in [-0.15, -0.1) is 0 Å². The van der Waals surface area contributed by atoms with Gasteiger partial charge in [-0.1, -0.05) is 32.4 Å². The van der Waals surface area contributed by atoms with E-state index >= 15 is 0 Å². The van der Waals surface area contributed by atoms with Gasteiger partial charge in [0.05, 0.1) is 11.3 Å². The Bertz CT molecular complexity index is 493. The molecule has 1 amide bonds. The first-order valence-corrected chi connectivity index (χ1v) is 7.54. The van der Waals surface area contributed by atoms with Crippen LogP contribution in [0.4, 0.5) is 5.69 Å². The molecule has 0 aliphatic carbocycles. The number of carbonyl (C=O) groups is 1. The van der Waals surface area contributed by atoms with Crippen molar-refractivity contribution in [3.8, 4) is 6.07 Å². The summed E-state index contributed by atoms with van der Waals surface area (Å²) in [5.74, 6) is 0.654. The van der Waals surface area contributed by atoms with Gasteiger partial charge in [0.15, 0.2) is 0 Å². The van der Waals surface area contributed by atoms with Gasteiger partial charge in [-0.25, -0.2) is 0 Å². The Hall–Kier alpha value is -1.86. The van der Waals surface area contributed by atoms with Gasteiger partial charge in [-0.3, -0.25) is 4.79 Å². The van der Waals surface area contributed by atoms with Gasteiger partial charge in [0.25, 0.3) is 0 Å². The number of rotatable bonds is 8. The normalized spacial score (nSPS) is 12.0. The maximum absolute atomic E-state index is 11.9. The fraction of sp³-hybridized carbons (Fsp3) is 0.529. The number of nitrogens with zero attached hydrogens (tertiary/aromatic N) is 2. The van der Waals surface area contributed by atoms with Gasteiger partial charge in [0, 0.05) is 13.0 Å². The predicted molar refractivity (Wildman–Crippen MR) is 86.0 cm³/mol. The lowest BCUT2D eigenvalue weighted by molar-refractivity contribution is -0.116. The van der Waals surface area contributed by atoms with Crippen LogP contribution in [0.15, 0.2) is 24.3 Å². The van der Waals surface area contributed by atoms with Crippen LogP contribution in [0.3, 0.4) is 0 Å². The third-order valence-electron chi connectivity index (χ3n) is 3.59. The van der Waals surface area contributed by atoms with E-state index in [1.165, 1.54) is 6.42 Å². The van der Waals surface area contributed by atoms with Crippen LogP contribution in [0.1, 0.15) is 38.7 Å². The highest BCUT2D eigenvalue weighted by atomic mass is 16.1. The molecule has 1 aromatic carbocycles. The number of hydrogen-bond acceptors (Lipinski definition) is 3. The number of carbonyl (C=O) groups excluding carboxylic acids is 1. The average molecular weight is 287 g/mol. The molecule has 1 aromatic rings. The molecular formula is C17H25N3O. The van der Waals surface area contributed by atoms with Gasteiger partial charge in [0.1, 0.15) is 6.07 Å². The predicted octanol–water partition coefficient (Wildman–Crippen LogP) is 3.25. The minimum Gasteiger partial charge on any atom is -0.325 e. The Morgan fingerprint density at radius 1 is 1.43 bits per heavy atom. The Morgan fingerprint density at radius 2 is 2.14 bits per heavy atom. The number of amides is 1. The van der Waals surface area contributed by atoms with Crippen LogP contribution in [0.2, 0.25) is 0 Å². The third-order valence-corrected chi connectivity index (χ3v) is 3.59. The summed E-state index contributed by atoms with van der Waals surface area (Å²) in [6.07, 6.45) is 2.48. The fourth-order valence-corrected chi connectivity index (χ4v) is 2.16. The fourth-order valence-electron chi connectivity index (χ4n) is 2.16. The molecule has 0 aliphatic rings. The van der Waals surface area contributed by atoms with Crippen LogP contribution < -0.4 is 5.32 Å².